The summed E-state index contributed by atoms with van der Waals surface area (Å²) in [6.45, 7) is 0.448. The number of fused-ring (bicyclic) bond motifs is 2. The first-order chi connectivity index (χ1) is 10.2. The van der Waals surface area contributed by atoms with Crippen LogP contribution in [0.1, 0.15) is 30.9 Å². The maximum Gasteiger partial charge on any atom is 0.225 e. The Kier molecular flexibility index (Phi) is 4.48. The number of methoxy groups -OCH3 is 1. The SMILES string of the molecule is CO[C@H](CNC(=O)[C@@H]1C[C@H]2CC[C@H]1O2)c1cccc(Cl)c1. The molecule has 2 heterocycles. The van der Waals surface area contributed by atoms with E-state index < -0.39 is 0 Å². The second kappa shape index (κ2) is 6.34. The minimum Gasteiger partial charge on any atom is -0.375 e. The van der Waals surface area contributed by atoms with Gasteiger partial charge in [0.1, 0.15) is 0 Å². The van der Waals surface area contributed by atoms with Gasteiger partial charge in [0.2, 0.25) is 5.91 Å². The van der Waals surface area contributed by atoms with Crippen molar-refractivity contribution < 1.29 is 14.3 Å². The molecule has 1 aromatic carbocycles. The van der Waals surface area contributed by atoms with Gasteiger partial charge in [-0.05, 0) is 37.0 Å². The van der Waals surface area contributed by atoms with Crippen molar-refractivity contribution in [2.24, 2.45) is 5.92 Å². The van der Waals surface area contributed by atoms with Gasteiger partial charge in [0.15, 0.2) is 0 Å². The van der Waals surface area contributed by atoms with E-state index in [-0.39, 0.29) is 30.1 Å². The van der Waals surface area contributed by atoms with Gasteiger partial charge in [-0.3, -0.25) is 4.79 Å². The van der Waals surface area contributed by atoms with Gasteiger partial charge < -0.3 is 14.8 Å². The number of amides is 1. The van der Waals surface area contributed by atoms with Gasteiger partial charge in [-0.1, -0.05) is 23.7 Å². The molecule has 2 aliphatic rings. The summed E-state index contributed by atoms with van der Waals surface area (Å²) in [5.41, 5.74) is 0.967. The zero-order valence-electron chi connectivity index (χ0n) is 12.0. The molecule has 4 nitrogen and oxygen atoms in total. The standard InChI is InChI=1S/C16H20ClNO3/c1-20-15(10-3-2-4-11(17)7-10)9-18-16(19)13-8-12-5-6-14(13)21-12/h2-4,7,12-15H,5-6,8-9H2,1H3,(H,18,19)/t12-,13-,14-,15-/m1/s1. The zero-order chi connectivity index (χ0) is 14.8. The van der Waals surface area contributed by atoms with Gasteiger partial charge in [0.05, 0.1) is 24.2 Å². The Morgan fingerprint density at radius 3 is 3.00 bits per heavy atom. The third-order valence-electron chi connectivity index (χ3n) is 4.41. The second-order valence-corrected chi connectivity index (χ2v) is 6.18. The normalized spacial score (nSPS) is 28.6. The van der Waals surface area contributed by atoms with Crippen LogP contribution in [0.3, 0.4) is 0 Å². The molecule has 4 atom stereocenters. The summed E-state index contributed by atoms with van der Waals surface area (Å²) < 4.78 is 11.2. The number of hydrogen-bond acceptors (Lipinski definition) is 3. The van der Waals surface area contributed by atoms with Crippen LogP contribution in [0.25, 0.3) is 0 Å². The lowest BCUT2D eigenvalue weighted by Gasteiger charge is -2.21. The maximum absolute atomic E-state index is 12.3. The first-order valence-corrected chi connectivity index (χ1v) is 7.76. The lowest BCUT2D eigenvalue weighted by Crippen LogP contribution is -2.38. The van der Waals surface area contributed by atoms with Crippen molar-refractivity contribution in [2.45, 2.75) is 37.6 Å². The Hall–Kier alpha value is -1.10. The van der Waals surface area contributed by atoms with E-state index in [0.717, 1.165) is 24.8 Å². The number of carbonyl (C=O) groups excluding carboxylic acids is 1. The fourth-order valence-corrected chi connectivity index (χ4v) is 3.48. The molecule has 0 unspecified atom stereocenters. The van der Waals surface area contributed by atoms with E-state index in [1.54, 1.807) is 7.11 Å². The fraction of sp³-hybridized carbons (Fsp3) is 0.562. The molecule has 0 spiro atoms. The average Bonchev–Trinajstić information content (AvgIpc) is 3.10. The van der Waals surface area contributed by atoms with Gasteiger partial charge in [0.25, 0.3) is 0 Å². The van der Waals surface area contributed by atoms with Crippen molar-refractivity contribution in [1.29, 1.82) is 0 Å². The molecule has 5 heteroatoms. The van der Waals surface area contributed by atoms with Crippen LogP contribution in [0.15, 0.2) is 24.3 Å². The van der Waals surface area contributed by atoms with E-state index >= 15 is 0 Å². The number of benzene rings is 1. The number of halogens is 1. The number of carbonyl (C=O) groups is 1. The van der Waals surface area contributed by atoms with Crippen molar-refractivity contribution in [3.05, 3.63) is 34.9 Å². The molecule has 2 bridgehead atoms. The Morgan fingerprint density at radius 1 is 1.52 bits per heavy atom. The summed E-state index contributed by atoms with van der Waals surface area (Å²) in [5.74, 6) is 0.0758. The first kappa shape index (κ1) is 14.8. The molecule has 2 fully saturated rings. The van der Waals surface area contributed by atoms with E-state index in [2.05, 4.69) is 5.32 Å². The Balaban J connectivity index is 1.57. The van der Waals surface area contributed by atoms with Crippen LogP contribution in [0.5, 0.6) is 0 Å². The molecule has 2 aliphatic heterocycles. The second-order valence-electron chi connectivity index (χ2n) is 5.74. The molecule has 21 heavy (non-hydrogen) atoms. The van der Waals surface area contributed by atoms with Crippen LogP contribution in [0.2, 0.25) is 5.02 Å². The molecule has 3 rings (SSSR count). The molecule has 114 valence electrons. The van der Waals surface area contributed by atoms with Crippen LogP contribution >= 0.6 is 11.6 Å². The molecule has 0 radical (unpaired) electrons. The number of rotatable bonds is 5. The van der Waals surface area contributed by atoms with E-state index in [4.69, 9.17) is 21.1 Å². The summed E-state index contributed by atoms with van der Waals surface area (Å²) in [6, 6.07) is 7.52. The monoisotopic (exact) mass is 309 g/mol. The van der Waals surface area contributed by atoms with E-state index in [9.17, 15) is 4.79 Å². The highest BCUT2D eigenvalue weighted by Gasteiger charge is 2.44. The van der Waals surface area contributed by atoms with Gasteiger partial charge in [-0.2, -0.15) is 0 Å². The minimum atomic E-state index is -0.188. The molecule has 1 aromatic rings. The third-order valence-corrected chi connectivity index (χ3v) is 4.64. The molecule has 0 saturated carbocycles. The van der Waals surface area contributed by atoms with Crippen molar-refractivity contribution in [3.8, 4) is 0 Å². The van der Waals surface area contributed by atoms with Crippen LogP contribution in [0, 0.1) is 5.92 Å². The van der Waals surface area contributed by atoms with E-state index in [1.165, 1.54) is 0 Å². The van der Waals surface area contributed by atoms with Crippen LogP contribution in [0.4, 0.5) is 0 Å². The highest BCUT2D eigenvalue weighted by molar-refractivity contribution is 6.30. The van der Waals surface area contributed by atoms with Crippen molar-refractivity contribution >= 4 is 17.5 Å². The Labute approximate surface area is 129 Å². The molecule has 0 aromatic heterocycles. The largest absolute Gasteiger partial charge is 0.375 e. The Bertz CT molecular complexity index is 522. The van der Waals surface area contributed by atoms with Crippen LogP contribution in [-0.2, 0) is 14.3 Å². The smallest absolute Gasteiger partial charge is 0.225 e. The summed E-state index contributed by atoms with van der Waals surface area (Å²) in [6.07, 6.45) is 3.17. The van der Waals surface area contributed by atoms with Crippen LogP contribution in [-0.4, -0.2) is 31.8 Å². The van der Waals surface area contributed by atoms with Crippen molar-refractivity contribution in [1.82, 2.24) is 5.32 Å². The summed E-state index contributed by atoms with van der Waals surface area (Å²) >= 11 is 6.00. The molecule has 2 saturated heterocycles. The van der Waals surface area contributed by atoms with E-state index in [1.807, 2.05) is 24.3 Å². The number of ether oxygens (including phenoxy) is 2. The molecule has 1 amide bonds. The average molecular weight is 310 g/mol. The first-order valence-electron chi connectivity index (χ1n) is 7.39. The summed E-state index contributed by atoms with van der Waals surface area (Å²) in [7, 11) is 1.64. The van der Waals surface area contributed by atoms with Gasteiger partial charge in [0, 0.05) is 18.7 Å². The quantitative estimate of drug-likeness (QED) is 0.909. The maximum atomic E-state index is 12.3. The van der Waals surface area contributed by atoms with Gasteiger partial charge in [-0.15, -0.1) is 0 Å². The minimum absolute atomic E-state index is 0.000572. The zero-order valence-corrected chi connectivity index (χ0v) is 12.8. The third kappa shape index (κ3) is 3.23. The fourth-order valence-electron chi connectivity index (χ4n) is 3.28. The predicted molar refractivity (Wildman–Crippen MR) is 80.2 cm³/mol. The molecular formula is C16H20ClNO3. The molecule has 1 N–H and O–H groups in total. The highest BCUT2D eigenvalue weighted by Crippen LogP contribution is 2.38. The lowest BCUT2D eigenvalue weighted by molar-refractivity contribution is -0.127. The summed E-state index contributed by atoms with van der Waals surface area (Å²) in [4.78, 5) is 12.3. The van der Waals surface area contributed by atoms with Crippen molar-refractivity contribution in [3.63, 3.8) is 0 Å². The summed E-state index contributed by atoms with van der Waals surface area (Å²) in [5, 5.41) is 3.66. The molecular weight excluding hydrogens is 290 g/mol. The van der Waals surface area contributed by atoms with Gasteiger partial charge >= 0.3 is 0 Å². The van der Waals surface area contributed by atoms with E-state index in [0.29, 0.717) is 11.6 Å². The van der Waals surface area contributed by atoms with Gasteiger partial charge in [-0.25, -0.2) is 0 Å². The topological polar surface area (TPSA) is 47.6 Å². The number of hydrogen-bond donors (Lipinski definition) is 1. The molecule has 0 aliphatic carbocycles. The van der Waals surface area contributed by atoms with Crippen LogP contribution < -0.4 is 5.32 Å². The lowest BCUT2D eigenvalue weighted by atomic mass is 9.88. The predicted octanol–water partition coefficient (Wildman–Crippen LogP) is 2.71. The number of nitrogens with one attached hydrogen (secondary N) is 1. The Morgan fingerprint density at radius 2 is 2.38 bits per heavy atom. The van der Waals surface area contributed by atoms with Crippen molar-refractivity contribution in [2.75, 3.05) is 13.7 Å². The highest BCUT2D eigenvalue weighted by atomic mass is 35.5.